The molecule has 3 heteroatoms. The van der Waals surface area contributed by atoms with E-state index in [1.54, 1.807) is 5.56 Å². The van der Waals surface area contributed by atoms with Crippen molar-refractivity contribution in [3.8, 4) is 0 Å². The summed E-state index contributed by atoms with van der Waals surface area (Å²) >= 11 is 1.99. The van der Waals surface area contributed by atoms with Crippen LogP contribution in [0.3, 0.4) is 0 Å². The molecular formula is C17H28N2S. The summed E-state index contributed by atoms with van der Waals surface area (Å²) in [7, 11) is 0. The SMILES string of the molecule is CCC1CCCN(Cc2cc(CNC3CC3)sc2C)C1. The van der Waals surface area contributed by atoms with E-state index >= 15 is 0 Å². The first-order valence-corrected chi connectivity index (χ1v) is 9.10. The molecule has 2 heterocycles. The third-order valence-electron chi connectivity index (χ3n) is 4.79. The predicted octanol–water partition coefficient (Wildman–Crippen LogP) is 3.93. The maximum Gasteiger partial charge on any atom is 0.0302 e. The number of likely N-dealkylation sites (tertiary alicyclic amines) is 1. The zero-order chi connectivity index (χ0) is 13.9. The fourth-order valence-corrected chi connectivity index (χ4v) is 4.24. The van der Waals surface area contributed by atoms with Crippen LogP contribution in [0, 0.1) is 12.8 Å². The highest BCUT2D eigenvalue weighted by Gasteiger charge is 2.21. The Labute approximate surface area is 127 Å². The lowest BCUT2D eigenvalue weighted by molar-refractivity contribution is 0.164. The van der Waals surface area contributed by atoms with Crippen LogP contribution in [-0.4, -0.2) is 24.0 Å². The number of piperidine rings is 1. The smallest absolute Gasteiger partial charge is 0.0302 e. The van der Waals surface area contributed by atoms with Gasteiger partial charge in [-0.3, -0.25) is 4.90 Å². The summed E-state index contributed by atoms with van der Waals surface area (Å²) in [6.07, 6.45) is 6.92. The van der Waals surface area contributed by atoms with Crippen molar-refractivity contribution in [3.05, 3.63) is 21.4 Å². The van der Waals surface area contributed by atoms with Crippen LogP contribution >= 0.6 is 11.3 Å². The summed E-state index contributed by atoms with van der Waals surface area (Å²) in [6.45, 7) is 9.48. The molecular weight excluding hydrogens is 264 g/mol. The van der Waals surface area contributed by atoms with Crippen LogP contribution in [0.25, 0.3) is 0 Å². The van der Waals surface area contributed by atoms with Gasteiger partial charge in [0.05, 0.1) is 0 Å². The third kappa shape index (κ3) is 3.84. The average molecular weight is 292 g/mol. The number of nitrogens with zero attached hydrogens (tertiary/aromatic N) is 1. The van der Waals surface area contributed by atoms with E-state index in [0.29, 0.717) is 0 Å². The van der Waals surface area contributed by atoms with Crippen molar-refractivity contribution in [2.24, 2.45) is 5.92 Å². The molecule has 1 aromatic rings. The minimum Gasteiger partial charge on any atom is -0.309 e. The number of hydrogen-bond donors (Lipinski definition) is 1. The van der Waals surface area contributed by atoms with Gasteiger partial charge in [-0.2, -0.15) is 0 Å². The maximum absolute atomic E-state index is 3.63. The molecule has 3 rings (SSSR count). The summed E-state index contributed by atoms with van der Waals surface area (Å²) < 4.78 is 0. The molecule has 1 saturated carbocycles. The highest BCUT2D eigenvalue weighted by atomic mass is 32.1. The van der Waals surface area contributed by atoms with Gasteiger partial charge in [0.15, 0.2) is 0 Å². The van der Waals surface area contributed by atoms with Gasteiger partial charge in [0.25, 0.3) is 0 Å². The Bertz CT molecular complexity index is 436. The van der Waals surface area contributed by atoms with Crippen molar-refractivity contribution in [2.75, 3.05) is 13.1 Å². The normalized spacial score (nSPS) is 24.2. The quantitative estimate of drug-likeness (QED) is 0.854. The topological polar surface area (TPSA) is 15.3 Å². The number of hydrogen-bond acceptors (Lipinski definition) is 3. The van der Waals surface area contributed by atoms with Crippen molar-refractivity contribution < 1.29 is 0 Å². The van der Waals surface area contributed by atoms with E-state index in [9.17, 15) is 0 Å². The molecule has 2 fully saturated rings. The molecule has 1 aliphatic heterocycles. The number of thiophene rings is 1. The van der Waals surface area contributed by atoms with E-state index in [0.717, 1.165) is 18.5 Å². The Morgan fingerprint density at radius 3 is 2.95 bits per heavy atom. The molecule has 20 heavy (non-hydrogen) atoms. The summed E-state index contributed by atoms with van der Waals surface area (Å²) in [5.74, 6) is 0.929. The van der Waals surface area contributed by atoms with Gasteiger partial charge in [-0.1, -0.05) is 13.3 Å². The lowest BCUT2D eigenvalue weighted by Gasteiger charge is -2.32. The summed E-state index contributed by atoms with van der Waals surface area (Å²) in [4.78, 5) is 5.72. The summed E-state index contributed by atoms with van der Waals surface area (Å²) in [5.41, 5.74) is 1.57. The lowest BCUT2D eigenvalue weighted by atomic mass is 9.95. The Morgan fingerprint density at radius 2 is 2.20 bits per heavy atom. The van der Waals surface area contributed by atoms with Gasteiger partial charge >= 0.3 is 0 Å². The highest BCUT2D eigenvalue weighted by molar-refractivity contribution is 7.12. The molecule has 1 aromatic heterocycles. The van der Waals surface area contributed by atoms with Crippen molar-refractivity contribution in [3.63, 3.8) is 0 Å². The second-order valence-corrected chi connectivity index (χ2v) is 7.94. The molecule has 2 aliphatic rings. The Kier molecular flexibility index (Phi) is 4.79. The van der Waals surface area contributed by atoms with E-state index in [-0.39, 0.29) is 0 Å². The first kappa shape index (κ1) is 14.6. The van der Waals surface area contributed by atoms with Gasteiger partial charge in [-0.05, 0) is 56.7 Å². The molecule has 1 unspecified atom stereocenters. The van der Waals surface area contributed by atoms with Crippen molar-refractivity contribution in [1.29, 1.82) is 0 Å². The van der Waals surface area contributed by atoms with Crippen molar-refractivity contribution in [2.45, 2.75) is 65.1 Å². The zero-order valence-electron chi connectivity index (χ0n) is 13.0. The van der Waals surface area contributed by atoms with E-state index in [4.69, 9.17) is 0 Å². The Hall–Kier alpha value is -0.380. The monoisotopic (exact) mass is 292 g/mol. The molecule has 0 amide bonds. The molecule has 1 N–H and O–H groups in total. The van der Waals surface area contributed by atoms with Gasteiger partial charge in [0, 0.05) is 35.4 Å². The minimum atomic E-state index is 0.813. The second kappa shape index (κ2) is 6.59. The van der Waals surface area contributed by atoms with Crippen LogP contribution in [0.1, 0.15) is 54.3 Å². The zero-order valence-corrected chi connectivity index (χ0v) is 13.8. The van der Waals surface area contributed by atoms with Gasteiger partial charge in [-0.25, -0.2) is 0 Å². The van der Waals surface area contributed by atoms with E-state index in [1.807, 2.05) is 11.3 Å². The molecule has 1 aliphatic carbocycles. The highest BCUT2D eigenvalue weighted by Crippen LogP contribution is 2.27. The fraction of sp³-hybridized carbons (Fsp3) is 0.765. The molecule has 0 aromatic carbocycles. The molecule has 0 bridgehead atoms. The number of aryl methyl sites for hydroxylation is 1. The van der Waals surface area contributed by atoms with Crippen LogP contribution in [0.5, 0.6) is 0 Å². The van der Waals surface area contributed by atoms with Gasteiger partial charge in [0.1, 0.15) is 0 Å². The number of nitrogens with one attached hydrogen (secondary N) is 1. The molecule has 0 radical (unpaired) electrons. The summed E-state index contributed by atoms with van der Waals surface area (Å²) in [5, 5.41) is 3.63. The van der Waals surface area contributed by atoms with Crippen molar-refractivity contribution in [1.82, 2.24) is 10.2 Å². The maximum atomic E-state index is 3.63. The lowest BCUT2D eigenvalue weighted by Crippen LogP contribution is -2.34. The summed E-state index contributed by atoms with van der Waals surface area (Å²) in [6, 6.07) is 3.26. The minimum absolute atomic E-state index is 0.813. The molecule has 1 saturated heterocycles. The Morgan fingerprint density at radius 1 is 1.35 bits per heavy atom. The van der Waals surface area contributed by atoms with Gasteiger partial charge in [0.2, 0.25) is 0 Å². The van der Waals surface area contributed by atoms with E-state index < -0.39 is 0 Å². The Balaban J connectivity index is 1.55. The largest absolute Gasteiger partial charge is 0.309 e. The van der Waals surface area contributed by atoms with Crippen LogP contribution < -0.4 is 5.32 Å². The first-order chi connectivity index (χ1) is 9.74. The van der Waals surface area contributed by atoms with Crippen LogP contribution in [0.15, 0.2) is 6.07 Å². The molecule has 112 valence electrons. The van der Waals surface area contributed by atoms with Crippen molar-refractivity contribution >= 4 is 11.3 Å². The average Bonchev–Trinajstić information content (AvgIpc) is 3.22. The van der Waals surface area contributed by atoms with Gasteiger partial charge in [-0.15, -0.1) is 11.3 Å². The molecule has 0 spiro atoms. The number of rotatable bonds is 6. The van der Waals surface area contributed by atoms with E-state index in [2.05, 4.69) is 30.1 Å². The fourth-order valence-electron chi connectivity index (χ4n) is 3.23. The predicted molar refractivity (Wildman–Crippen MR) is 87.2 cm³/mol. The van der Waals surface area contributed by atoms with Crippen LogP contribution in [0.2, 0.25) is 0 Å². The van der Waals surface area contributed by atoms with Gasteiger partial charge < -0.3 is 5.32 Å². The third-order valence-corrected chi connectivity index (χ3v) is 5.88. The van der Waals surface area contributed by atoms with Crippen LogP contribution in [-0.2, 0) is 13.1 Å². The first-order valence-electron chi connectivity index (χ1n) is 8.28. The van der Waals surface area contributed by atoms with Crippen LogP contribution in [0.4, 0.5) is 0 Å². The standard InChI is InChI=1S/C17H28N2S/c1-3-14-5-4-8-19(11-14)12-15-9-17(20-13(15)2)10-18-16-6-7-16/h9,14,16,18H,3-8,10-12H2,1-2H3. The molecule has 1 atom stereocenters. The molecule has 2 nitrogen and oxygen atoms in total. The van der Waals surface area contributed by atoms with E-state index in [1.165, 1.54) is 61.5 Å². The second-order valence-electron chi connectivity index (χ2n) is 6.60.